The summed E-state index contributed by atoms with van der Waals surface area (Å²) in [6, 6.07) is 9.37. The molecule has 0 atom stereocenters. The van der Waals surface area contributed by atoms with Crippen LogP contribution in [0.5, 0.6) is 0 Å². The van der Waals surface area contributed by atoms with Crippen LogP contribution in [0.15, 0.2) is 29.2 Å². The third kappa shape index (κ3) is 7.00. The zero-order valence-corrected chi connectivity index (χ0v) is 13.6. The highest BCUT2D eigenvalue weighted by Crippen LogP contribution is 2.23. The van der Waals surface area contributed by atoms with Crippen molar-refractivity contribution in [3.8, 4) is 0 Å². The summed E-state index contributed by atoms with van der Waals surface area (Å²) in [6.07, 6.45) is 1.06. The minimum atomic E-state index is -0.0197. The summed E-state index contributed by atoms with van der Waals surface area (Å²) >= 11 is 1.90. The lowest BCUT2D eigenvalue weighted by atomic mass is 10.1. The second kappa shape index (κ2) is 7.93. The normalized spacial score (nSPS) is 12.1. The van der Waals surface area contributed by atoms with Gasteiger partial charge in [-0.15, -0.1) is 11.8 Å². The molecular formula is C16H27NOS. The van der Waals surface area contributed by atoms with Crippen molar-refractivity contribution >= 4 is 11.8 Å². The van der Waals surface area contributed by atoms with Gasteiger partial charge in [-0.2, -0.15) is 0 Å². The first-order chi connectivity index (χ1) is 8.93. The molecule has 0 aliphatic rings. The zero-order chi connectivity index (χ0) is 14.3. The molecule has 0 unspecified atom stereocenters. The standard InChI is InChI=1S/C16H27NOS/c1-13(2)17-12-14-6-8-15(9-7-14)19-11-10-16(3,4)18-5/h6-9,13,17H,10-12H2,1-5H3. The van der Waals surface area contributed by atoms with Gasteiger partial charge in [0, 0.05) is 30.3 Å². The second-order valence-corrected chi connectivity index (χ2v) is 6.91. The molecule has 0 radical (unpaired) electrons. The molecule has 0 bridgehead atoms. The van der Waals surface area contributed by atoms with Crippen LogP contribution in [0.25, 0.3) is 0 Å². The lowest BCUT2D eigenvalue weighted by Crippen LogP contribution is -2.22. The van der Waals surface area contributed by atoms with Crippen molar-refractivity contribution in [3.05, 3.63) is 29.8 Å². The molecule has 1 rings (SSSR count). The predicted octanol–water partition coefficient (Wildman–Crippen LogP) is 4.09. The second-order valence-electron chi connectivity index (χ2n) is 5.74. The molecule has 0 fully saturated rings. The van der Waals surface area contributed by atoms with Crippen molar-refractivity contribution in [2.75, 3.05) is 12.9 Å². The minimum Gasteiger partial charge on any atom is -0.379 e. The van der Waals surface area contributed by atoms with Crippen LogP contribution < -0.4 is 5.32 Å². The molecular weight excluding hydrogens is 254 g/mol. The first-order valence-electron chi connectivity index (χ1n) is 6.93. The van der Waals surface area contributed by atoms with Crippen LogP contribution in [0.1, 0.15) is 39.7 Å². The minimum absolute atomic E-state index is 0.0197. The number of thioether (sulfide) groups is 1. The van der Waals surface area contributed by atoms with Gasteiger partial charge >= 0.3 is 0 Å². The molecule has 1 N–H and O–H groups in total. The molecule has 0 aromatic heterocycles. The third-order valence-electron chi connectivity index (χ3n) is 3.16. The summed E-state index contributed by atoms with van der Waals surface area (Å²) in [4.78, 5) is 1.33. The van der Waals surface area contributed by atoms with Crippen LogP contribution in [-0.2, 0) is 11.3 Å². The van der Waals surface area contributed by atoms with Crippen LogP contribution in [0.3, 0.4) is 0 Å². The van der Waals surface area contributed by atoms with Crippen LogP contribution in [0.4, 0.5) is 0 Å². The van der Waals surface area contributed by atoms with Crippen molar-refractivity contribution in [2.24, 2.45) is 0 Å². The summed E-state index contributed by atoms with van der Waals surface area (Å²) in [7, 11) is 1.78. The van der Waals surface area contributed by atoms with E-state index in [1.165, 1.54) is 10.5 Å². The molecule has 1 aromatic carbocycles. The maximum absolute atomic E-state index is 5.43. The predicted molar refractivity (Wildman–Crippen MR) is 84.8 cm³/mol. The van der Waals surface area contributed by atoms with Gasteiger partial charge in [0.2, 0.25) is 0 Å². The van der Waals surface area contributed by atoms with Gasteiger partial charge in [-0.1, -0.05) is 26.0 Å². The molecule has 1 aromatic rings. The van der Waals surface area contributed by atoms with Crippen LogP contribution in [0, 0.1) is 0 Å². The fraction of sp³-hybridized carbons (Fsp3) is 0.625. The Balaban J connectivity index is 2.36. The highest BCUT2D eigenvalue weighted by atomic mass is 32.2. The summed E-state index contributed by atoms with van der Waals surface area (Å²) < 4.78 is 5.43. The van der Waals surface area contributed by atoms with E-state index in [2.05, 4.69) is 57.3 Å². The molecule has 0 saturated carbocycles. The largest absolute Gasteiger partial charge is 0.379 e. The number of methoxy groups -OCH3 is 1. The van der Waals surface area contributed by atoms with E-state index in [1.54, 1.807) is 7.11 Å². The van der Waals surface area contributed by atoms with Crippen molar-refractivity contribution in [1.29, 1.82) is 0 Å². The first kappa shape index (κ1) is 16.5. The zero-order valence-electron chi connectivity index (χ0n) is 12.8. The van der Waals surface area contributed by atoms with Gasteiger partial charge in [0.05, 0.1) is 5.60 Å². The Labute approximate surface area is 122 Å². The highest BCUT2D eigenvalue weighted by Gasteiger charge is 2.15. The topological polar surface area (TPSA) is 21.3 Å². The van der Waals surface area contributed by atoms with Crippen LogP contribution >= 0.6 is 11.8 Å². The molecule has 2 nitrogen and oxygen atoms in total. The molecule has 0 aliphatic heterocycles. The van der Waals surface area contributed by atoms with Crippen molar-refractivity contribution in [2.45, 2.75) is 57.2 Å². The van der Waals surface area contributed by atoms with Gasteiger partial charge in [-0.3, -0.25) is 0 Å². The van der Waals surface area contributed by atoms with Gasteiger partial charge in [0.25, 0.3) is 0 Å². The lowest BCUT2D eigenvalue weighted by Gasteiger charge is -2.22. The number of nitrogens with one attached hydrogen (secondary N) is 1. The van der Waals surface area contributed by atoms with E-state index in [1.807, 2.05) is 11.8 Å². The molecule has 108 valence electrons. The number of benzene rings is 1. The van der Waals surface area contributed by atoms with Gasteiger partial charge in [-0.25, -0.2) is 0 Å². The van der Waals surface area contributed by atoms with E-state index in [-0.39, 0.29) is 5.60 Å². The van der Waals surface area contributed by atoms with Gasteiger partial charge < -0.3 is 10.1 Å². The molecule has 0 spiro atoms. The monoisotopic (exact) mass is 281 g/mol. The Morgan fingerprint density at radius 1 is 1.21 bits per heavy atom. The molecule has 19 heavy (non-hydrogen) atoms. The summed E-state index contributed by atoms with van der Waals surface area (Å²) in [6.45, 7) is 9.55. The van der Waals surface area contributed by atoms with E-state index in [0.29, 0.717) is 6.04 Å². The van der Waals surface area contributed by atoms with Crippen molar-refractivity contribution < 1.29 is 4.74 Å². The SMILES string of the molecule is COC(C)(C)CCSc1ccc(CNC(C)C)cc1. The lowest BCUT2D eigenvalue weighted by molar-refractivity contribution is 0.0207. The quantitative estimate of drug-likeness (QED) is 0.725. The maximum Gasteiger partial charge on any atom is 0.0630 e. The molecule has 3 heteroatoms. The van der Waals surface area contributed by atoms with Crippen molar-refractivity contribution in [3.63, 3.8) is 0 Å². The fourth-order valence-corrected chi connectivity index (χ4v) is 2.70. The van der Waals surface area contributed by atoms with E-state index in [0.717, 1.165) is 18.7 Å². The Hall–Kier alpha value is -0.510. The van der Waals surface area contributed by atoms with Crippen molar-refractivity contribution in [1.82, 2.24) is 5.32 Å². The van der Waals surface area contributed by atoms with E-state index >= 15 is 0 Å². The molecule has 0 aliphatic carbocycles. The summed E-state index contributed by atoms with van der Waals surface area (Å²) in [5.74, 6) is 1.09. The molecule has 0 amide bonds. The highest BCUT2D eigenvalue weighted by molar-refractivity contribution is 7.99. The van der Waals surface area contributed by atoms with Crippen LogP contribution in [0.2, 0.25) is 0 Å². The number of ether oxygens (including phenoxy) is 1. The Morgan fingerprint density at radius 3 is 2.37 bits per heavy atom. The maximum atomic E-state index is 5.43. The molecule has 0 heterocycles. The van der Waals surface area contributed by atoms with E-state index < -0.39 is 0 Å². The average Bonchev–Trinajstić information content (AvgIpc) is 2.37. The Kier molecular flexibility index (Phi) is 6.90. The summed E-state index contributed by atoms with van der Waals surface area (Å²) in [5, 5.41) is 3.43. The number of rotatable bonds is 8. The number of hydrogen-bond donors (Lipinski definition) is 1. The average molecular weight is 281 g/mol. The van der Waals surface area contributed by atoms with E-state index in [4.69, 9.17) is 4.74 Å². The Bertz CT molecular complexity index is 360. The first-order valence-corrected chi connectivity index (χ1v) is 7.92. The van der Waals surface area contributed by atoms with Gasteiger partial charge in [-0.05, 0) is 38.0 Å². The van der Waals surface area contributed by atoms with Crippen LogP contribution in [-0.4, -0.2) is 24.5 Å². The van der Waals surface area contributed by atoms with Gasteiger partial charge in [0.15, 0.2) is 0 Å². The molecule has 0 saturated heterocycles. The Morgan fingerprint density at radius 2 is 1.84 bits per heavy atom. The number of hydrogen-bond acceptors (Lipinski definition) is 3. The summed E-state index contributed by atoms with van der Waals surface area (Å²) in [5.41, 5.74) is 1.32. The third-order valence-corrected chi connectivity index (χ3v) is 4.18. The van der Waals surface area contributed by atoms with E-state index in [9.17, 15) is 0 Å². The van der Waals surface area contributed by atoms with Gasteiger partial charge in [0.1, 0.15) is 0 Å². The fourth-order valence-electron chi connectivity index (χ4n) is 1.54. The smallest absolute Gasteiger partial charge is 0.0630 e.